The van der Waals surface area contributed by atoms with Gasteiger partial charge in [-0.15, -0.1) is 0 Å². The van der Waals surface area contributed by atoms with Gasteiger partial charge in [-0.3, -0.25) is 9.59 Å². The maximum atomic E-state index is 12.6. The van der Waals surface area contributed by atoms with Gasteiger partial charge in [-0.05, 0) is 17.5 Å². The fourth-order valence-corrected chi connectivity index (χ4v) is 2.71. The van der Waals surface area contributed by atoms with Gasteiger partial charge in [0.1, 0.15) is 17.2 Å². The number of amides is 1. The summed E-state index contributed by atoms with van der Waals surface area (Å²) in [7, 11) is 2.94. The zero-order valence-corrected chi connectivity index (χ0v) is 14.3. The number of rotatable bonds is 4. The summed E-state index contributed by atoms with van der Waals surface area (Å²) in [5.41, 5.74) is 0.186. The minimum absolute atomic E-state index is 0.139. The number of anilines is 1. The number of ether oxygens (including phenoxy) is 2. The van der Waals surface area contributed by atoms with Crippen LogP contribution in [0.4, 0.5) is 5.69 Å². The van der Waals surface area contributed by atoms with Crippen LogP contribution >= 0.6 is 11.6 Å². The number of fused-ring (bicyclic) bond motifs is 1. The molecule has 1 aromatic heterocycles. The second-order valence-corrected chi connectivity index (χ2v) is 5.65. The summed E-state index contributed by atoms with van der Waals surface area (Å²) < 4.78 is 10.4. The molecule has 0 radical (unpaired) electrons. The molecule has 2 aromatic carbocycles. The number of hydrogen-bond donors (Lipinski definition) is 2. The van der Waals surface area contributed by atoms with Crippen molar-refractivity contribution in [1.82, 2.24) is 4.98 Å². The predicted molar refractivity (Wildman–Crippen MR) is 97.1 cm³/mol. The first-order valence-electron chi connectivity index (χ1n) is 7.38. The van der Waals surface area contributed by atoms with Gasteiger partial charge < -0.3 is 19.8 Å². The third-order valence-corrected chi connectivity index (χ3v) is 4.02. The van der Waals surface area contributed by atoms with Crippen molar-refractivity contribution in [1.29, 1.82) is 0 Å². The molecule has 3 rings (SSSR count). The highest BCUT2D eigenvalue weighted by Gasteiger charge is 2.15. The Balaban J connectivity index is 1.99. The maximum absolute atomic E-state index is 12.6. The summed E-state index contributed by atoms with van der Waals surface area (Å²) in [6, 6.07) is 11.7. The lowest BCUT2D eigenvalue weighted by molar-refractivity contribution is 0.102. The molecule has 0 aliphatic rings. The lowest BCUT2D eigenvalue weighted by Crippen LogP contribution is -2.19. The van der Waals surface area contributed by atoms with Gasteiger partial charge in [0.05, 0.1) is 24.9 Å². The molecule has 0 unspecified atom stereocenters. The molecule has 1 amide bonds. The van der Waals surface area contributed by atoms with E-state index >= 15 is 0 Å². The van der Waals surface area contributed by atoms with Gasteiger partial charge in [0.15, 0.2) is 0 Å². The van der Waals surface area contributed by atoms with Gasteiger partial charge in [-0.25, -0.2) is 0 Å². The van der Waals surface area contributed by atoms with Crippen molar-refractivity contribution in [2.45, 2.75) is 0 Å². The molecule has 128 valence electrons. The Morgan fingerprint density at radius 1 is 1.08 bits per heavy atom. The first-order chi connectivity index (χ1) is 12.0. The topological polar surface area (TPSA) is 80.4 Å². The van der Waals surface area contributed by atoms with Gasteiger partial charge in [0.25, 0.3) is 11.5 Å². The van der Waals surface area contributed by atoms with Crippen molar-refractivity contribution in [2.24, 2.45) is 0 Å². The van der Waals surface area contributed by atoms with E-state index in [-0.39, 0.29) is 11.3 Å². The van der Waals surface area contributed by atoms with Crippen molar-refractivity contribution >= 4 is 34.0 Å². The molecule has 0 aliphatic heterocycles. The molecule has 6 nitrogen and oxygen atoms in total. The highest BCUT2D eigenvalue weighted by atomic mass is 35.5. The average Bonchev–Trinajstić information content (AvgIpc) is 2.62. The lowest BCUT2D eigenvalue weighted by atomic mass is 10.1. The van der Waals surface area contributed by atoms with Crippen LogP contribution in [-0.2, 0) is 0 Å². The molecule has 0 spiro atoms. The van der Waals surface area contributed by atoms with E-state index in [2.05, 4.69) is 10.3 Å². The Hall–Kier alpha value is -2.99. The number of halogens is 1. The summed E-state index contributed by atoms with van der Waals surface area (Å²) in [5, 5.41) is 4.25. The zero-order chi connectivity index (χ0) is 18.0. The van der Waals surface area contributed by atoms with Crippen LogP contribution in [0, 0.1) is 0 Å². The highest BCUT2D eigenvalue weighted by Crippen LogP contribution is 2.36. The molecular formula is C18H15ClN2O4. The van der Waals surface area contributed by atoms with E-state index in [0.29, 0.717) is 33.0 Å². The van der Waals surface area contributed by atoms with Crippen LogP contribution < -0.4 is 20.3 Å². The molecule has 25 heavy (non-hydrogen) atoms. The molecule has 1 heterocycles. The van der Waals surface area contributed by atoms with E-state index in [0.717, 1.165) is 0 Å². The van der Waals surface area contributed by atoms with Crippen LogP contribution in [-0.4, -0.2) is 25.1 Å². The number of benzene rings is 2. The third kappa shape index (κ3) is 3.29. The van der Waals surface area contributed by atoms with Crippen LogP contribution in [0.25, 0.3) is 10.8 Å². The molecule has 0 aliphatic carbocycles. The largest absolute Gasteiger partial charge is 0.495 e. The van der Waals surface area contributed by atoms with Gasteiger partial charge >= 0.3 is 0 Å². The Bertz CT molecular complexity index is 1010. The number of aromatic nitrogens is 1. The van der Waals surface area contributed by atoms with Gasteiger partial charge in [-0.1, -0.05) is 29.8 Å². The van der Waals surface area contributed by atoms with E-state index in [1.165, 1.54) is 14.2 Å². The number of methoxy groups -OCH3 is 2. The number of nitrogens with one attached hydrogen (secondary N) is 2. The standard InChI is InChI=1S/C18H15ClN2O4/c1-24-15-9-13(16(25-2)8-12(15)19)20-18(23)14-7-10-5-3-4-6-11(10)17(22)21-14/h3-9H,1-2H3,(H,20,23)(H,21,22). The first-order valence-corrected chi connectivity index (χ1v) is 7.76. The van der Waals surface area contributed by atoms with Gasteiger partial charge in [0.2, 0.25) is 0 Å². The smallest absolute Gasteiger partial charge is 0.272 e. The van der Waals surface area contributed by atoms with Gasteiger partial charge in [-0.2, -0.15) is 0 Å². The van der Waals surface area contributed by atoms with Crippen molar-refractivity contribution in [3.05, 3.63) is 63.5 Å². The number of hydrogen-bond acceptors (Lipinski definition) is 4. The number of pyridine rings is 1. The summed E-state index contributed by atoms with van der Waals surface area (Å²) >= 11 is 6.05. The molecule has 0 atom stereocenters. The fraction of sp³-hybridized carbons (Fsp3) is 0.111. The average molecular weight is 359 g/mol. The summed E-state index contributed by atoms with van der Waals surface area (Å²) in [6.45, 7) is 0. The number of carbonyl (C=O) groups excluding carboxylic acids is 1. The Labute approximate surface area is 148 Å². The predicted octanol–water partition coefficient (Wildman–Crippen LogP) is 3.45. The van der Waals surface area contributed by atoms with Gasteiger partial charge in [0, 0.05) is 17.5 Å². The minimum atomic E-state index is -0.481. The Kier molecular flexibility index (Phi) is 4.63. The molecule has 3 aromatic rings. The highest BCUT2D eigenvalue weighted by molar-refractivity contribution is 6.32. The summed E-state index contributed by atoms with van der Waals surface area (Å²) in [5.74, 6) is 0.289. The van der Waals surface area contributed by atoms with E-state index in [1.54, 1.807) is 42.5 Å². The molecular weight excluding hydrogens is 344 g/mol. The molecule has 0 saturated carbocycles. The quantitative estimate of drug-likeness (QED) is 0.748. The number of aromatic amines is 1. The van der Waals surface area contributed by atoms with Crippen LogP contribution in [0.2, 0.25) is 5.02 Å². The lowest BCUT2D eigenvalue weighted by Gasteiger charge is -2.13. The monoisotopic (exact) mass is 358 g/mol. The molecule has 0 saturated heterocycles. The fourth-order valence-electron chi connectivity index (χ4n) is 2.48. The van der Waals surface area contributed by atoms with E-state index in [9.17, 15) is 9.59 Å². The van der Waals surface area contributed by atoms with E-state index in [1.807, 2.05) is 0 Å². The number of H-pyrrole nitrogens is 1. The van der Waals surface area contributed by atoms with Crippen molar-refractivity contribution in [3.63, 3.8) is 0 Å². The Morgan fingerprint density at radius 3 is 2.52 bits per heavy atom. The third-order valence-electron chi connectivity index (χ3n) is 3.72. The minimum Gasteiger partial charge on any atom is -0.495 e. The van der Waals surface area contributed by atoms with Crippen molar-refractivity contribution in [2.75, 3.05) is 19.5 Å². The molecule has 0 bridgehead atoms. The van der Waals surface area contributed by atoms with Crippen LogP contribution in [0.1, 0.15) is 10.5 Å². The zero-order valence-electron chi connectivity index (χ0n) is 13.6. The SMILES string of the molecule is COc1cc(NC(=O)c2cc3ccccc3c(=O)[nH]2)c(OC)cc1Cl. The molecule has 7 heteroatoms. The molecule has 2 N–H and O–H groups in total. The second kappa shape index (κ2) is 6.86. The Morgan fingerprint density at radius 2 is 1.80 bits per heavy atom. The second-order valence-electron chi connectivity index (χ2n) is 5.24. The van der Waals surface area contributed by atoms with Crippen LogP contribution in [0.15, 0.2) is 47.3 Å². The van der Waals surface area contributed by atoms with Crippen LogP contribution in [0.3, 0.4) is 0 Å². The van der Waals surface area contributed by atoms with Crippen molar-refractivity contribution in [3.8, 4) is 11.5 Å². The van der Waals surface area contributed by atoms with Crippen LogP contribution in [0.5, 0.6) is 11.5 Å². The summed E-state index contributed by atoms with van der Waals surface area (Å²) in [6.07, 6.45) is 0. The van der Waals surface area contributed by atoms with E-state index in [4.69, 9.17) is 21.1 Å². The maximum Gasteiger partial charge on any atom is 0.272 e. The molecule has 0 fully saturated rings. The van der Waals surface area contributed by atoms with Crippen molar-refractivity contribution < 1.29 is 14.3 Å². The van der Waals surface area contributed by atoms with E-state index < -0.39 is 5.91 Å². The normalized spacial score (nSPS) is 10.5. The number of carbonyl (C=O) groups is 1. The summed E-state index contributed by atoms with van der Waals surface area (Å²) in [4.78, 5) is 27.3. The first kappa shape index (κ1) is 16.9.